The number of ether oxygens (including phenoxy) is 2. The zero-order chi connectivity index (χ0) is 14.3. The fourth-order valence-corrected chi connectivity index (χ4v) is 2.59. The number of hydrogen-bond acceptors (Lipinski definition) is 4. The van der Waals surface area contributed by atoms with Crippen molar-refractivity contribution in [3.05, 3.63) is 29.3 Å². The first kappa shape index (κ1) is 15.9. The molecule has 19 heavy (non-hydrogen) atoms. The molecule has 0 fully saturated rings. The minimum Gasteiger partial charge on any atom is -0.382 e. The van der Waals surface area contributed by atoms with E-state index < -0.39 is 10.0 Å². The number of hydrogen-bond donors (Lipinski definition) is 1. The third-order valence-electron chi connectivity index (χ3n) is 2.42. The highest BCUT2D eigenvalue weighted by Crippen LogP contribution is 2.15. The predicted octanol–water partition coefficient (Wildman–Crippen LogP) is 1.71. The number of methoxy groups -OCH3 is 1. The van der Waals surface area contributed by atoms with E-state index in [4.69, 9.17) is 9.47 Å². The lowest BCUT2D eigenvalue weighted by atomic mass is 10.1. The van der Waals surface area contributed by atoms with Crippen molar-refractivity contribution in [3.8, 4) is 0 Å². The lowest BCUT2D eigenvalue weighted by Crippen LogP contribution is -2.21. The minimum atomic E-state index is -3.37. The summed E-state index contributed by atoms with van der Waals surface area (Å²) in [5.41, 5.74) is 2.64. The molecule has 0 aliphatic heterocycles. The summed E-state index contributed by atoms with van der Waals surface area (Å²) in [5.74, 6) is -0.0658. The molecular weight excluding hydrogens is 266 g/mol. The lowest BCUT2D eigenvalue weighted by Gasteiger charge is -2.10. The topological polar surface area (TPSA) is 64.6 Å². The normalized spacial score (nSPS) is 11.5. The van der Waals surface area contributed by atoms with E-state index in [-0.39, 0.29) is 12.4 Å². The Balaban J connectivity index is 2.49. The van der Waals surface area contributed by atoms with Crippen molar-refractivity contribution < 1.29 is 17.9 Å². The van der Waals surface area contributed by atoms with Gasteiger partial charge in [0, 0.05) is 12.8 Å². The van der Waals surface area contributed by atoms with E-state index in [9.17, 15) is 8.42 Å². The molecule has 108 valence electrons. The van der Waals surface area contributed by atoms with E-state index in [1.165, 1.54) is 0 Å². The van der Waals surface area contributed by atoms with Crippen LogP contribution in [0.5, 0.6) is 0 Å². The number of aryl methyl sites for hydroxylation is 2. The van der Waals surface area contributed by atoms with Gasteiger partial charge in [0.05, 0.1) is 25.6 Å². The second-order valence-corrected chi connectivity index (χ2v) is 6.24. The second kappa shape index (κ2) is 7.47. The van der Waals surface area contributed by atoms with Gasteiger partial charge in [0.1, 0.15) is 0 Å². The van der Waals surface area contributed by atoms with Crippen molar-refractivity contribution in [2.75, 3.05) is 37.4 Å². The molecule has 1 aromatic rings. The number of rotatable bonds is 8. The Bertz CT molecular complexity index is 479. The van der Waals surface area contributed by atoms with Crippen molar-refractivity contribution in [1.29, 1.82) is 0 Å². The molecule has 1 rings (SSSR count). The number of anilines is 1. The maximum Gasteiger partial charge on any atom is 0.234 e. The van der Waals surface area contributed by atoms with Crippen LogP contribution in [-0.2, 0) is 19.5 Å². The summed E-state index contributed by atoms with van der Waals surface area (Å²) in [5, 5.41) is 0. The van der Waals surface area contributed by atoms with Crippen LogP contribution in [0.3, 0.4) is 0 Å². The Hall–Kier alpha value is -1.11. The molecule has 1 aromatic carbocycles. The van der Waals surface area contributed by atoms with Crippen LogP contribution in [0.1, 0.15) is 11.1 Å². The predicted molar refractivity (Wildman–Crippen MR) is 76.0 cm³/mol. The highest BCUT2D eigenvalue weighted by molar-refractivity contribution is 7.92. The van der Waals surface area contributed by atoms with Crippen LogP contribution in [0.4, 0.5) is 5.69 Å². The SMILES string of the molecule is COCCOCCS(=O)(=O)Nc1cc(C)cc(C)c1. The molecule has 6 heteroatoms. The Morgan fingerprint density at radius 2 is 1.68 bits per heavy atom. The maximum atomic E-state index is 11.8. The van der Waals surface area contributed by atoms with Gasteiger partial charge in [-0.05, 0) is 37.1 Å². The Morgan fingerprint density at radius 3 is 2.26 bits per heavy atom. The fraction of sp³-hybridized carbons (Fsp3) is 0.538. The van der Waals surface area contributed by atoms with Gasteiger partial charge in [0.15, 0.2) is 0 Å². The van der Waals surface area contributed by atoms with E-state index in [0.29, 0.717) is 18.9 Å². The molecule has 0 saturated carbocycles. The van der Waals surface area contributed by atoms with Crippen LogP contribution >= 0.6 is 0 Å². The summed E-state index contributed by atoms with van der Waals surface area (Å²) >= 11 is 0. The molecule has 1 N–H and O–H groups in total. The molecule has 0 aliphatic rings. The molecule has 0 aromatic heterocycles. The molecule has 0 unspecified atom stereocenters. The molecule has 0 aliphatic carbocycles. The van der Waals surface area contributed by atoms with Crippen molar-refractivity contribution in [2.24, 2.45) is 0 Å². The first-order valence-corrected chi connectivity index (χ1v) is 7.73. The van der Waals surface area contributed by atoms with Crippen molar-refractivity contribution in [2.45, 2.75) is 13.8 Å². The monoisotopic (exact) mass is 287 g/mol. The number of nitrogens with one attached hydrogen (secondary N) is 1. The Morgan fingerprint density at radius 1 is 1.05 bits per heavy atom. The first-order valence-electron chi connectivity index (χ1n) is 6.08. The van der Waals surface area contributed by atoms with E-state index >= 15 is 0 Å². The van der Waals surface area contributed by atoms with Crippen molar-refractivity contribution >= 4 is 15.7 Å². The summed E-state index contributed by atoms with van der Waals surface area (Å²) in [4.78, 5) is 0. The Kier molecular flexibility index (Phi) is 6.27. The summed E-state index contributed by atoms with van der Waals surface area (Å²) in [6.45, 7) is 4.88. The zero-order valence-corrected chi connectivity index (χ0v) is 12.4. The molecule has 0 atom stereocenters. The van der Waals surface area contributed by atoms with Crippen LogP contribution in [0, 0.1) is 13.8 Å². The number of sulfonamides is 1. The molecule has 5 nitrogen and oxygen atoms in total. The third kappa shape index (κ3) is 6.56. The summed E-state index contributed by atoms with van der Waals surface area (Å²) in [6, 6.07) is 5.60. The largest absolute Gasteiger partial charge is 0.382 e. The van der Waals surface area contributed by atoms with Gasteiger partial charge in [0.25, 0.3) is 0 Å². The summed E-state index contributed by atoms with van der Waals surface area (Å²) in [6.07, 6.45) is 0. The van der Waals surface area contributed by atoms with Gasteiger partial charge in [-0.15, -0.1) is 0 Å². The quantitative estimate of drug-likeness (QED) is 0.739. The molecule has 0 radical (unpaired) electrons. The van der Waals surface area contributed by atoms with Gasteiger partial charge in [-0.1, -0.05) is 6.07 Å². The molecule has 0 heterocycles. The summed E-state index contributed by atoms with van der Waals surface area (Å²) in [7, 11) is -1.80. The molecule has 0 spiro atoms. The average molecular weight is 287 g/mol. The lowest BCUT2D eigenvalue weighted by molar-refractivity contribution is 0.0785. The number of benzene rings is 1. The van der Waals surface area contributed by atoms with Crippen LogP contribution in [-0.4, -0.2) is 41.1 Å². The van der Waals surface area contributed by atoms with Crippen molar-refractivity contribution in [3.63, 3.8) is 0 Å². The van der Waals surface area contributed by atoms with Crippen LogP contribution in [0.15, 0.2) is 18.2 Å². The van der Waals surface area contributed by atoms with Crippen LogP contribution < -0.4 is 4.72 Å². The molecule has 0 saturated heterocycles. The van der Waals surface area contributed by atoms with Gasteiger partial charge in [-0.3, -0.25) is 4.72 Å². The average Bonchev–Trinajstić information content (AvgIpc) is 2.26. The van der Waals surface area contributed by atoms with Gasteiger partial charge in [-0.25, -0.2) is 8.42 Å². The molecular formula is C13H21NO4S. The molecule has 0 bridgehead atoms. The van der Waals surface area contributed by atoms with E-state index in [2.05, 4.69) is 4.72 Å². The van der Waals surface area contributed by atoms with E-state index in [1.807, 2.05) is 19.9 Å². The fourth-order valence-electron chi connectivity index (χ4n) is 1.68. The second-order valence-electron chi connectivity index (χ2n) is 4.40. The minimum absolute atomic E-state index is 0.0658. The van der Waals surface area contributed by atoms with Crippen LogP contribution in [0.25, 0.3) is 0 Å². The standard InChI is InChI=1S/C13H21NO4S/c1-11-8-12(2)10-13(9-11)14-19(15,16)7-6-18-5-4-17-3/h8-10,14H,4-7H2,1-3H3. The van der Waals surface area contributed by atoms with Crippen molar-refractivity contribution in [1.82, 2.24) is 0 Å². The van der Waals surface area contributed by atoms with Gasteiger partial charge in [-0.2, -0.15) is 0 Å². The van der Waals surface area contributed by atoms with E-state index in [1.54, 1.807) is 19.2 Å². The zero-order valence-electron chi connectivity index (χ0n) is 11.6. The highest BCUT2D eigenvalue weighted by atomic mass is 32.2. The van der Waals surface area contributed by atoms with Gasteiger partial charge < -0.3 is 9.47 Å². The van der Waals surface area contributed by atoms with Crippen LogP contribution in [0.2, 0.25) is 0 Å². The van der Waals surface area contributed by atoms with E-state index in [0.717, 1.165) is 11.1 Å². The highest BCUT2D eigenvalue weighted by Gasteiger charge is 2.10. The van der Waals surface area contributed by atoms with Gasteiger partial charge in [0.2, 0.25) is 10.0 Å². The third-order valence-corrected chi connectivity index (χ3v) is 3.67. The van der Waals surface area contributed by atoms with Gasteiger partial charge >= 0.3 is 0 Å². The summed E-state index contributed by atoms with van der Waals surface area (Å²) < 4.78 is 36.2. The smallest absolute Gasteiger partial charge is 0.234 e. The Labute approximate surface area is 115 Å². The maximum absolute atomic E-state index is 11.8. The molecule has 0 amide bonds. The first-order chi connectivity index (χ1) is 8.93.